The molecule has 5 nitrogen and oxygen atoms in total. The van der Waals surface area contributed by atoms with Crippen LogP contribution in [0.15, 0.2) is 17.4 Å². The van der Waals surface area contributed by atoms with Crippen molar-refractivity contribution in [1.29, 1.82) is 0 Å². The summed E-state index contributed by atoms with van der Waals surface area (Å²) in [6.07, 6.45) is 5.32. The Balaban J connectivity index is 2.51. The Hall–Kier alpha value is -1.74. The lowest BCUT2D eigenvalue weighted by Crippen LogP contribution is -1.73. The molecule has 0 unspecified atom stereocenters. The van der Waals surface area contributed by atoms with E-state index in [1.54, 1.807) is 12.3 Å². The van der Waals surface area contributed by atoms with Gasteiger partial charge in [0.15, 0.2) is 0 Å². The number of imidazole rings is 1. The summed E-state index contributed by atoms with van der Waals surface area (Å²) in [6, 6.07) is 0. The summed E-state index contributed by atoms with van der Waals surface area (Å²) in [7, 11) is 0. The van der Waals surface area contributed by atoms with Crippen molar-refractivity contribution < 1.29 is 0 Å². The van der Waals surface area contributed by atoms with Crippen LogP contribution in [0.25, 0.3) is 16.5 Å². The van der Waals surface area contributed by atoms with E-state index in [1.165, 1.54) is 0 Å². The average molecular weight is 163 g/mol. The Morgan fingerprint density at radius 2 is 2.67 bits per heavy atom. The Bertz CT molecular complexity index is 318. The quantitative estimate of drug-likeness (QED) is 0.413. The Morgan fingerprint density at radius 3 is 3.25 bits per heavy atom. The molecular weight excluding hydrogens is 154 g/mol. The minimum absolute atomic E-state index is 0.370. The van der Waals surface area contributed by atoms with Crippen molar-refractivity contribution in [2.24, 2.45) is 5.11 Å². The van der Waals surface area contributed by atoms with Crippen LogP contribution in [0.3, 0.4) is 0 Å². The van der Waals surface area contributed by atoms with Gasteiger partial charge in [-0.3, -0.25) is 0 Å². The standard InChI is InChI=1S/C7H9N5/c1-6-9-5-7(11-6)3-2-4-10-12-8/h2-3,5H,4H2,1H3,(H,9,11). The van der Waals surface area contributed by atoms with Gasteiger partial charge >= 0.3 is 0 Å². The average Bonchev–Trinajstić information content (AvgIpc) is 2.45. The van der Waals surface area contributed by atoms with Crippen LogP contribution in [0, 0.1) is 6.92 Å². The molecule has 62 valence electrons. The molecule has 1 rings (SSSR count). The molecule has 0 spiro atoms. The van der Waals surface area contributed by atoms with Crippen molar-refractivity contribution in [2.45, 2.75) is 6.92 Å². The van der Waals surface area contributed by atoms with Gasteiger partial charge in [0.05, 0.1) is 11.9 Å². The van der Waals surface area contributed by atoms with Gasteiger partial charge < -0.3 is 4.98 Å². The van der Waals surface area contributed by atoms with E-state index in [0.29, 0.717) is 6.54 Å². The van der Waals surface area contributed by atoms with Crippen LogP contribution in [-0.4, -0.2) is 16.5 Å². The fraction of sp³-hybridized carbons (Fsp3) is 0.286. The Kier molecular flexibility index (Phi) is 2.93. The minimum atomic E-state index is 0.370. The summed E-state index contributed by atoms with van der Waals surface area (Å²) < 4.78 is 0. The summed E-state index contributed by atoms with van der Waals surface area (Å²) in [5, 5.41) is 3.35. The van der Waals surface area contributed by atoms with Crippen LogP contribution < -0.4 is 0 Å². The molecule has 0 bridgehead atoms. The summed E-state index contributed by atoms with van der Waals surface area (Å²) in [6.45, 7) is 2.25. The van der Waals surface area contributed by atoms with Gasteiger partial charge in [0.25, 0.3) is 0 Å². The monoisotopic (exact) mass is 163 g/mol. The predicted octanol–water partition coefficient (Wildman–Crippen LogP) is 2.04. The second-order valence-electron chi connectivity index (χ2n) is 2.24. The first-order chi connectivity index (χ1) is 5.83. The first-order valence-corrected chi connectivity index (χ1v) is 3.52. The second-order valence-corrected chi connectivity index (χ2v) is 2.24. The van der Waals surface area contributed by atoms with E-state index >= 15 is 0 Å². The minimum Gasteiger partial charge on any atom is -0.343 e. The lowest BCUT2D eigenvalue weighted by molar-refractivity contribution is 1.14. The lowest BCUT2D eigenvalue weighted by atomic mass is 10.4. The van der Waals surface area contributed by atoms with Gasteiger partial charge in [0.2, 0.25) is 0 Å². The first-order valence-electron chi connectivity index (χ1n) is 3.52. The normalized spacial score (nSPS) is 10.1. The van der Waals surface area contributed by atoms with Gasteiger partial charge in [0.1, 0.15) is 5.82 Å². The summed E-state index contributed by atoms with van der Waals surface area (Å²) in [5.74, 6) is 0.874. The summed E-state index contributed by atoms with van der Waals surface area (Å²) >= 11 is 0. The molecule has 0 fully saturated rings. The number of aromatic nitrogens is 2. The fourth-order valence-electron chi connectivity index (χ4n) is 0.788. The van der Waals surface area contributed by atoms with Crippen LogP contribution in [-0.2, 0) is 0 Å². The maximum absolute atomic E-state index is 7.97. The molecule has 0 aromatic carbocycles. The molecule has 0 atom stereocenters. The van der Waals surface area contributed by atoms with E-state index in [-0.39, 0.29) is 0 Å². The smallest absolute Gasteiger partial charge is 0.103 e. The molecule has 1 heterocycles. The zero-order chi connectivity index (χ0) is 8.81. The zero-order valence-corrected chi connectivity index (χ0v) is 6.73. The number of nitrogens with one attached hydrogen (secondary N) is 1. The molecule has 0 amide bonds. The lowest BCUT2D eigenvalue weighted by Gasteiger charge is -1.81. The van der Waals surface area contributed by atoms with E-state index in [2.05, 4.69) is 20.0 Å². The molecule has 5 heteroatoms. The van der Waals surface area contributed by atoms with Crippen LogP contribution in [0.1, 0.15) is 11.5 Å². The highest BCUT2D eigenvalue weighted by Crippen LogP contribution is 1.97. The maximum atomic E-state index is 7.97. The highest BCUT2D eigenvalue weighted by atomic mass is 15.1. The summed E-state index contributed by atoms with van der Waals surface area (Å²) in [5.41, 5.74) is 8.89. The van der Waals surface area contributed by atoms with Gasteiger partial charge in [-0.1, -0.05) is 11.2 Å². The molecule has 1 aromatic rings. The number of hydrogen-bond donors (Lipinski definition) is 1. The maximum Gasteiger partial charge on any atom is 0.103 e. The number of rotatable bonds is 3. The molecule has 0 aliphatic carbocycles. The number of aryl methyl sites for hydroxylation is 1. The number of azide groups is 1. The fourth-order valence-corrected chi connectivity index (χ4v) is 0.788. The van der Waals surface area contributed by atoms with Crippen molar-refractivity contribution in [3.05, 3.63) is 34.2 Å². The van der Waals surface area contributed by atoms with Gasteiger partial charge in [-0.2, -0.15) is 0 Å². The molecule has 1 aromatic heterocycles. The molecule has 0 aliphatic heterocycles. The zero-order valence-electron chi connectivity index (χ0n) is 6.73. The first kappa shape index (κ1) is 8.36. The molecule has 12 heavy (non-hydrogen) atoms. The third kappa shape index (κ3) is 2.48. The molecule has 0 saturated carbocycles. The van der Waals surface area contributed by atoms with Crippen LogP contribution >= 0.6 is 0 Å². The number of aromatic amines is 1. The number of nitrogens with zero attached hydrogens (tertiary/aromatic N) is 4. The van der Waals surface area contributed by atoms with E-state index < -0.39 is 0 Å². The van der Waals surface area contributed by atoms with E-state index in [9.17, 15) is 0 Å². The number of hydrogen-bond acceptors (Lipinski definition) is 2. The van der Waals surface area contributed by atoms with E-state index in [0.717, 1.165) is 11.5 Å². The highest BCUT2D eigenvalue weighted by molar-refractivity contribution is 5.43. The molecule has 1 N–H and O–H groups in total. The van der Waals surface area contributed by atoms with Crippen molar-refractivity contribution >= 4 is 6.08 Å². The van der Waals surface area contributed by atoms with Crippen molar-refractivity contribution in [2.75, 3.05) is 6.54 Å². The SMILES string of the molecule is Cc1ncc(C=CCN=[N+]=[N-])[nH]1. The van der Waals surface area contributed by atoms with E-state index in [1.807, 2.05) is 13.0 Å². The third-order valence-corrected chi connectivity index (χ3v) is 1.27. The molecule has 0 radical (unpaired) electrons. The van der Waals surface area contributed by atoms with Gasteiger partial charge in [-0.25, -0.2) is 4.98 Å². The second kappa shape index (κ2) is 4.20. The molecule has 0 saturated heterocycles. The summed E-state index contributed by atoms with van der Waals surface area (Å²) in [4.78, 5) is 9.65. The molecule has 0 aliphatic rings. The van der Waals surface area contributed by atoms with Crippen LogP contribution in [0.5, 0.6) is 0 Å². The predicted molar refractivity (Wildman–Crippen MR) is 46.4 cm³/mol. The van der Waals surface area contributed by atoms with Crippen molar-refractivity contribution in [1.82, 2.24) is 9.97 Å². The Labute approximate surface area is 69.8 Å². The van der Waals surface area contributed by atoms with Gasteiger partial charge in [-0.05, 0) is 18.5 Å². The highest BCUT2D eigenvalue weighted by Gasteiger charge is 1.88. The van der Waals surface area contributed by atoms with Gasteiger partial charge in [-0.15, -0.1) is 0 Å². The van der Waals surface area contributed by atoms with E-state index in [4.69, 9.17) is 5.53 Å². The topological polar surface area (TPSA) is 77.4 Å². The molecular formula is C7H9N5. The van der Waals surface area contributed by atoms with Crippen LogP contribution in [0.2, 0.25) is 0 Å². The van der Waals surface area contributed by atoms with Gasteiger partial charge in [0, 0.05) is 11.5 Å². The number of H-pyrrole nitrogens is 1. The van der Waals surface area contributed by atoms with Crippen molar-refractivity contribution in [3.63, 3.8) is 0 Å². The third-order valence-electron chi connectivity index (χ3n) is 1.27. The largest absolute Gasteiger partial charge is 0.343 e. The van der Waals surface area contributed by atoms with Crippen molar-refractivity contribution in [3.8, 4) is 0 Å². The van der Waals surface area contributed by atoms with Crippen LogP contribution in [0.4, 0.5) is 0 Å². The Morgan fingerprint density at radius 1 is 1.83 bits per heavy atom.